The average Bonchev–Trinajstić information content (AvgIpc) is 2.82. The van der Waals surface area contributed by atoms with Crippen molar-refractivity contribution in [2.24, 2.45) is 0 Å². The lowest BCUT2D eigenvalue weighted by Gasteiger charge is -2.42. The topological polar surface area (TPSA) is 52.6 Å². The molecule has 2 aromatic rings. The van der Waals surface area contributed by atoms with Crippen LogP contribution in [0.25, 0.3) is 10.1 Å². The molecule has 130 valence electrons. The van der Waals surface area contributed by atoms with Crippen LogP contribution >= 0.6 is 22.9 Å². The fraction of sp³-hybridized carbons (Fsp3) is 0.500. The molecule has 0 radical (unpaired) electrons. The zero-order chi connectivity index (χ0) is 17.3. The fourth-order valence-corrected chi connectivity index (χ4v) is 4.84. The number of carboxylic acid groups (broad SMARTS) is 1. The minimum atomic E-state index is -0.744. The van der Waals surface area contributed by atoms with E-state index in [1.54, 1.807) is 11.3 Å². The van der Waals surface area contributed by atoms with E-state index in [1.165, 1.54) is 20.5 Å². The van der Waals surface area contributed by atoms with Crippen LogP contribution in [-0.4, -0.2) is 41.1 Å². The molecule has 0 unspecified atom stereocenters. The molecule has 1 aromatic heterocycles. The van der Waals surface area contributed by atoms with E-state index in [2.05, 4.69) is 18.3 Å². The van der Waals surface area contributed by atoms with Crippen molar-refractivity contribution in [1.29, 1.82) is 0 Å². The van der Waals surface area contributed by atoms with Gasteiger partial charge < -0.3 is 10.4 Å². The van der Waals surface area contributed by atoms with Crippen LogP contribution in [0.2, 0.25) is 5.02 Å². The summed E-state index contributed by atoms with van der Waals surface area (Å²) in [5, 5.41) is 14.6. The van der Waals surface area contributed by atoms with Crippen LogP contribution in [0, 0.1) is 6.92 Å². The van der Waals surface area contributed by atoms with Crippen LogP contribution in [0.3, 0.4) is 0 Å². The summed E-state index contributed by atoms with van der Waals surface area (Å²) in [5.74, 6) is -0.744. The van der Waals surface area contributed by atoms with Gasteiger partial charge in [-0.15, -0.1) is 11.3 Å². The molecule has 1 heterocycles. The molecule has 1 aliphatic carbocycles. The van der Waals surface area contributed by atoms with Gasteiger partial charge in [0.2, 0.25) is 0 Å². The molecule has 1 aliphatic rings. The molecule has 24 heavy (non-hydrogen) atoms. The van der Waals surface area contributed by atoms with Crippen molar-refractivity contribution in [3.8, 4) is 0 Å². The maximum Gasteiger partial charge on any atom is 0.317 e. The second kappa shape index (κ2) is 7.40. The molecular formula is C18H23ClN2O2S. The molecule has 0 spiro atoms. The molecule has 1 aromatic carbocycles. The Morgan fingerprint density at radius 3 is 2.83 bits per heavy atom. The van der Waals surface area contributed by atoms with Gasteiger partial charge in [0, 0.05) is 23.5 Å². The first-order chi connectivity index (χ1) is 11.5. The minimum absolute atomic E-state index is 0.141. The van der Waals surface area contributed by atoms with E-state index in [0.29, 0.717) is 12.1 Å². The van der Waals surface area contributed by atoms with Gasteiger partial charge in [-0.05, 0) is 43.3 Å². The highest BCUT2D eigenvalue weighted by Gasteiger charge is 2.33. The molecule has 3 rings (SSSR count). The molecule has 2 N–H and O–H groups in total. The maximum atomic E-state index is 10.9. The number of hydrogen-bond donors (Lipinski definition) is 2. The zero-order valence-corrected chi connectivity index (χ0v) is 15.6. The van der Waals surface area contributed by atoms with Gasteiger partial charge in [-0.3, -0.25) is 9.69 Å². The number of hydrogen-bond acceptors (Lipinski definition) is 4. The third-order valence-electron chi connectivity index (χ3n) is 4.94. The molecule has 6 heteroatoms. The van der Waals surface area contributed by atoms with Gasteiger partial charge in [0.1, 0.15) is 0 Å². The van der Waals surface area contributed by atoms with Gasteiger partial charge in [-0.1, -0.05) is 30.7 Å². The van der Waals surface area contributed by atoms with Crippen molar-refractivity contribution in [3.05, 3.63) is 33.7 Å². The third kappa shape index (κ3) is 3.59. The summed E-state index contributed by atoms with van der Waals surface area (Å²) in [4.78, 5) is 14.3. The number of nitrogens with zero attached hydrogens (tertiary/aromatic N) is 1. The highest BCUT2D eigenvalue weighted by atomic mass is 35.5. The van der Waals surface area contributed by atoms with Crippen LogP contribution in [0.1, 0.15) is 30.2 Å². The number of thiophene rings is 1. The number of benzene rings is 1. The van der Waals surface area contributed by atoms with Crippen molar-refractivity contribution in [1.82, 2.24) is 10.2 Å². The van der Waals surface area contributed by atoms with E-state index < -0.39 is 5.97 Å². The smallest absolute Gasteiger partial charge is 0.317 e. The molecule has 0 saturated heterocycles. The molecule has 0 bridgehead atoms. The van der Waals surface area contributed by atoms with Crippen molar-refractivity contribution in [2.75, 3.05) is 13.1 Å². The summed E-state index contributed by atoms with van der Waals surface area (Å²) in [6.07, 6.45) is 2.04. The Hall–Kier alpha value is -1.14. The summed E-state index contributed by atoms with van der Waals surface area (Å²) in [5.41, 5.74) is 1.31. The highest BCUT2D eigenvalue weighted by Crippen LogP contribution is 2.36. The second-order valence-corrected chi connectivity index (χ2v) is 7.94. The van der Waals surface area contributed by atoms with Gasteiger partial charge in [-0.2, -0.15) is 0 Å². The number of aliphatic carboxylic acids is 1. The molecular weight excluding hydrogens is 344 g/mol. The van der Waals surface area contributed by atoms with Crippen molar-refractivity contribution < 1.29 is 9.90 Å². The third-order valence-corrected chi connectivity index (χ3v) is 6.71. The number of halogens is 1. The van der Waals surface area contributed by atoms with Crippen LogP contribution in [-0.2, 0) is 11.3 Å². The lowest BCUT2D eigenvalue weighted by Crippen LogP contribution is -2.53. The lowest BCUT2D eigenvalue weighted by molar-refractivity contribution is -0.139. The Bertz CT molecular complexity index is 740. The van der Waals surface area contributed by atoms with E-state index in [0.717, 1.165) is 31.0 Å². The van der Waals surface area contributed by atoms with Crippen LogP contribution < -0.4 is 5.32 Å². The molecule has 0 aliphatic heterocycles. The van der Waals surface area contributed by atoms with Crippen molar-refractivity contribution in [2.45, 2.75) is 45.3 Å². The van der Waals surface area contributed by atoms with Gasteiger partial charge >= 0.3 is 5.97 Å². The Kier molecular flexibility index (Phi) is 5.45. The standard InChI is InChI=1S/C18H23ClN2O2S/c1-3-21(10-17(22)23)13-7-12(8-13)20-9-16-11(2)14-5-4-6-15(19)18(14)24-16/h4-6,12-13,20H,3,7-10H2,1-2H3,(H,22,23). The Labute approximate surface area is 151 Å². The monoisotopic (exact) mass is 366 g/mol. The number of rotatable bonds is 7. The fourth-order valence-electron chi connectivity index (χ4n) is 3.39. The van der Waals surface area contributed by atoms with Crippen molar-refractivity contribution >= 4 is 39.0 Å². The van der Waals surface area contributed by atoms with Gasteiger partial charge in [-0.25, -0.2) is 0 Å². The van der Waals surface area contributed by atoms with Crippen LogP contribution in [0.5, 0.6) is 0 Å². The number of carbonyl (C=O) groups is 1. The number of fused-ring (bicyclic) bond motifs is 1. The Morgan fingerprint density at radius 1 is 1.46 bits per heavy atom. The molecule has 1 saturated carbocycles. The lowest BCUT2D eigenvalue weighted by atomic mass is 9.85. The first-order valence-electron chi connectivity index (χ1n) is 8.35. The van der Waals surface area contributed by atoms with Gasteiger partial charge in [0.15, 0.2) is 0 Å². The zero-order valence-electron chi connectivity index (χ0n) is 14.0. The minimum Gasteiger partial charge on any atom is -0.480 e. The summed E-state index contributed by atoms with van der Waals surface area (Å²) >= 11 is 8.06. The van der Waals surface area contributed by atoms with Crippen LogP contribution in [0.15, 0.2) is 18.2 Å². The highest BCUT2D eigenvalue weighted by molar-refractivity contribution is 7.20. The molecule has 0 atom stereocenters. The molecule has 4 nitrogen and oxygen atoms in total. The predicted octanol–water partition coefficient (Wildman–Crippen LogP) is 3.89. The number of nitrogens with one attached hydrogen (secondary N) is 1. The summed E-state index contributed by atoms with van der Waals surface area (Å²) in [6.45, 7) is 5.96. The predicted molar refractivity (Wildman–Crippen MR) is 100 cm³/mol. The van der Waals surface area contributed by atoms with Gasteiger partial charge in [0.05, 0.1) is 16.3 Å². The van der Waals surface area contributed by atoms with Gasteiger partial charge in [0.25, 0.3) is 0 Å². The quantitative estimate of drug-likeness (QED) is 0.780. The van der Waals surface area contributed by atoms with E-state index in [4.69, 9.17) is 16.7 Å². The summed E-state index contributed by atoms with van der Waals surface area (Å²) in [7, 11) is 0. The summed E-state index contributed by atoms with van der Waals surface area (Å²) in [6, 6.07) is 6.93. The van der Waals surface area contributed by atoms with Crippen LogP contribution in [0.4, 0.5) is 0 Å². The normalized spacial score (nSPS) is 20.5. The maximum absolute atomic E-state index is 10.9. The van der Waals surface area contributed by atoms with E-state index >= 15 is 0 Å². The first-order valence-corrected chi connectivity index (χ1v) is 9.54. The molecule has 1 fully saturated rings. The van der Waals surface area contributed by atoms with E-state index in [9.17, 15) is 4.79 Å². The average molecular weight is 367 g/mol. The summed E-state index contributed by atoms with van der Waals surface area (Å²) < 4.78 is 1.17. The molecule has 0 amide bonds. The SMILES string of the molecule is CCN(CC(=O)O)C1CC(NCc2sc3c(Cl)cccc3c2C)C1. The Balaban J connectivity index is 1.56. The van der Waals surface area contributed by atoms with E-state index in [-0.39, 0.29) is 6.54 Å². The number of carboxylic acids is 1. The van der Waals surface area contributed by atoms with E-state index in [1.807, 2.05) is 24.0 Å². The van der Waals surface area contributed by atoms with Crippen molar-refractivity contribution in [3.63, 3.8) is 0 Å². The first kappa shape index (κ1) is 17.7. The Morgan fingerprint density at radius 2 is 2.21 bits per heavy atom. The second-order valence-electron chi connectivity index (χ2n) is 6.43. The number of aryl methyl sites for hydroxylation is 1. The largest absolute Gasteiger partial charge is 0.480 e. The number of likely N-dealkylation sites (N-methyl/N-ethyl adjacent to an activating group) is 1.